The Bertz CT molecular complexity index is 4040. The van der Waals surface area contributed by atoms with Crippen LogP contribution in [0.4, 0.5) is 23.0 Å². The van der Waals surface area contributed by atoms with Gasteiger partial charge in [0.05, 0.1) is 43.2 Å². The number of halogens is 3. The monoisotopic (exact) mass is 1550 g/mol. The first-order valence-electron chi connectivity index (χ1n) is 34.3. The van der Waals surface area contributed by atoms with Crippen LogP contribution >= 0.6 is 47.3 Å². The van der Waals surface area contributed by atoms with E-state index in [1.165, 1.54) is 44.5 Å². The van der Waals surface area contributed by atoms with Crippen molar-refractivity contribution in [2.75, 3.05) is 119 Å². The Kier molecular flexibility index (Phi) is 25.8. The molecule has 12 rings (SSSR count). The molecule has 99 heavy (non-hydrogen) atoms. The van der Waals surface area contributed by atoms with Gasteiger partial charge < -0.3 is 58.4 Å². The molecule has 2 N–H and O–H groups in total. The molecule has 2 amide bonds. The van der Waals surface area contributed by atoms with Gasteiger partial charge in [0.1, 0.15) is 24.0 Å². The highest BCUT2D eigenvalue weighted by Gasteiger charge is 2.50. The van der Waals surface area contributed by atoms with Crippen molar-refractivity contribution in [1.29, 1.82) is 0 Å². The van der Waals surface area contributed by atoms with Crippen LogP contribution in [0.1, 0.15) is 75.0 Å². The summed E-state index contributed by atoms with van der Waals surface area (Å²) in [5, 5.41) is 27.1. The molecule has 0 spiro atoms. The molecule has 8 aromatic rings. The maximum absolute atomic E-state index is 13.1. The number of anilines is 4. The standard InChI is InChI=1S/C47H58N6O3Si.C29H35N5O4.BBr3/c1-8-44(54)52-26-27-53(37(33-52)24-29-56-57(47(3,4)5,38-18-11-9-12-19-38)39-20-13-10-14-21-39)45-41-23-25-51(34-42(41)48-46(49-45)55-30-28-50(6)7)43-32-35(2)31-36-17-15-16-22-40(36)43;1-3-15-38-29-30-25-19-32(26-17-22(36)16-20-7-5-6-8-23(20)26)11-9-24(25)28(31-29)34-13-12-33(27(37)4-2)18-21(34)10-14-35;2-1(3)4/h8-22,31-32,37H,1,23-30,33-34H2,2-7H3;4-8,16-17,21,35-36H,2-3,9-15,18-19H2,1H3;. The molecule has 0 aliphatic carbocycles. The van der Waals surface area contributed by atoms with Gasteiger partial charge in [0, 0.05) is 111 Å². The fourth-order valence-corrected chi connectivity index (χ4v) is 18.8. The molecule has 6 heterocycles. The van der Waals surface area contributed by atoms with E-state index >= 15 is 0 Å². The van der Waals surface area contributed by atoms with Gasteiger partial charge in [0.2, 0.25) is 11.8 Å². The van der Waals surface area contributed by atoms with Crippen LogP contribution in [0, 0.1) is 6.92 Å². The number of hydrogen-bond acceptors (Lipinski definition) is 16. The number of aryl methyl sites for hydroxylation is 1. The predicted octanol–water partition coefficient (Wildman–Crippen LogP) is 12.0. The van der Waals surface area contributed by atoms with E-state index in [1.807, 2.05) is 50.2 Å². The lowest BCUT2D eigenvalue weighted by atomic mass is 9.99. The quantitative estimate of drug-likeness (QED) is 0.0513. The number of carbonyl (C=O) groups excluding carboxylic acids is 2. The summed E-state index contributed by atoms with van der Waals surface area (Å²) in [6.07, 6.45) is 6.36. The molecule has 2 fully saturated rings. The highest BCUT2D eigenvalue weighted by Crippen LogP contribution is 2.41. The third-order valence-corrected chi connectivity index (χ3v) is 23.9. The van der Waals surface area contributed by atoms with Gasteiger partial charge in [-0.15, -0.1) is 47.3 Å². The Labute approximate surface area is 610 Å². The number of ether oxygens (including phenoxy) is 2. The number of phenolic OH excluding ortho intramolecular Hbond substituents is 1. The number of fused-ring (bicyclic) bond motifs is 4. The lowest BCUT2D eigenvalue weighted by Gasteiger charge is -2.45. The molecule has 2 saturated heterocycles. The van der Waals surface area contributed by atoms with Gasteiger partial charge in [-0.1, -0.05) is 156 Å². The van der Waals surface area contributed by atoms with Crippen LogP contribution in [0.3, 0.4) is 0 Å². The number of aliphatic hydroxyl groups excluding tert-OH is 1. The summed E-state index contributed by atoms with van der Waals surface area (Å²) in [7, 11) is 1.30. The molecular weight excluding hydrogens is 1460 g/mol. The average molecular weight is 1550 g/mol. The van der Waals surface area contributed by atoms with Crippen molar-refractivity contribution in [1.82, 2.24) is 34.6 Å². The number of carbonyl (C=O) groups is 2. The van der Waals surface area contributed by atoms with Crippen LogP contribution in [-0.4, -0.2) is 180 Å². The molecule has 2 atom stereocenters. The van der Waals surface area contributed by atoms with E-state index in [2.05, 4.69) is 216 Å². The number of amides is 2. The Morgan fingerprint density at radius 2 is 1.10 bits per heavy atom. The summed E-state index contributed by atoms with van der Waals surface area (Å²) < 4.78 is 19.9. The number of aliphatic hydroxyl groups is 1. The molecule has 0 saturated carbocycles. The first-order chi connectivity index (χ1) is 47.7. The predicted molar refractivity (Wildman–Crippen MR) is 416 cm³/mol. The number of nitrogens with zero attached hydrogens (tertiary/aromatic N) is 11. The van der Waals surface area contributed by atoms with E-state index in [1.54, 1.807) is 11.0 Å². The van der Waals surface area contributed by atoms with Gasteiger partial charge in [0.25, 0.3) is 8.32 Å². The highest BCUT2D eigenvalue weighted by molar-refractivity contribution is 9.69. The average Bonchev–Trinajstić information content (AvgIpc) is 0.762. The zero-order valence-electron chi connectivity index (χ0n) is 58.1. The number of aromatic hydroxyl groups is 1. The van der Waals surface area contributed by atoms with Gasteiger partial charge >= 0.3 is 15.2 Å². The fourth-order valence-electron chi connectivity index (χ4n) is 14.2. The van der Waals surface area contributed by atoms with Crippen LogP contribution in [-0.2, 0) is 39.9 Å². The van der Waals surface area contributed by atoms with E-state index in [9.17, 15) is 19.8 Å². The maximum Gasteiger partial charge on any atom is 0.369 e. The number of rotatable bonds is 21. The highest BCUT2D eigenvalue weighted by atomic mass is 79.9. The number of piperazine rings is 2. The molecule has 6 aromatic carbocycles. The van der Waals surface area contributed by atoms with Crippen LogP contribution in [0.5, 0.6) is 17.8 Å². The lowest BCUT2D eigenvalue weighted by molar-refractivity contribution is -0.127. The normalized spacial score (nSPS) is 16.3. The van der Waals surface area contributed by atoms with Crippen LogP contribution in [0.25, 0.3) is 21.5 Å². The number of hydrogen-bond donors (Lipinski definition) is 2. The van der Waals surface area contributed by atoms with E-state index in [0.29, 0.717) is 97.0 Å². The topological polar surface area (TPSA) is 177 Å². The molecule has 4 aliphatic rings. The lowest BCUT2D eigenvalue weighted by Crippen LogP contribution is -2.67. The van der Waals surface area contributed by atoms with Crippen molar-refractivity contribution in [2.45, 2.75) is 96.9 Å². The Hall–Kier alpha value is -7.38. The van der Waals surface area contributed by atoms with Crippen molar-refractivity contribution < 1.29 is 33.7 Å². The summed E-state index contributed by atoms with van der Waals surface area (Å²) in [6, 6.07) is 47.0. The molecule has 4 aliphatic heterocycles. The SMILES string of the molecule is BrB(Br)Br.C=CC(=O)N1CCN(c2nc(OCCC)nc3c2CCN(c2cc(O)cc4ccccc24)C3)C(CCO)C1.C=CC(=O)N1CCN(c2nc(OCCN(C)C)nc3c2CCN(c2cc(C)cc4ccccc24)C3)C(CCO[Si](c2ccccc2)(c2ccccc2)C(C)(C)C)C1. The van der Waals surface area contributed by atoms with Crippen molar-refractivity contribution in [2.24, 2.45) is 0 Å². The van der Waals surface area contributed by atoms with E-state index in [4.69, 9.17) is 33.8 Å². The zero-order valence-corrected chi connectivity index (χ0v) is 63.9. The second-order valence-electron chi connectivity index (χ2n) is 26.8. The second kappa shape index (κ2) is 34.3. The Morgan fingerprint density at radius 1 is 0.636 bits per heavy atom. The largest absolute Gasteiger partial charge is 0.508 e. The van der Waals surface area contributed by atoms with E-state index in [0.717, 1.165) is 89.5 Å². The molecule has 18 nitrogen and oxygen atoms in total. The third-order valence-electron chi connectivity index (χ3n) is 18.9. The van der Waals surface area contributed by atoms with Gasteiger partial charge in [-0.05, 0) is 109 Å². The zero-order chi connectivity index (χ0) is 70.4. The molecule has 23 heteroatoms. The van der Waals surface area contributed by atoms with Gasteiger partial charge in [-0.3, -0.25) is 9.59 Å². The molecule has 0 bridgehead atoms. The first kappa shape index (κ1) is 74.3. The van der Waals surface area contributed by atoms with Gasteiger partial charge in [0.15, 0.2) is 0 Å². The second-order valence-corrected chi connectivity index (χ2v) is 37.5. The summed E-state index contributed by atoms with van der Waals surface area (Å²) >= 11 is 9.31. The van der Waals surface area contributed by atoms with Crippen molar-refractivity contribution in [3.63, 3.8) is 0 Å². The molecule has 0 radical (unpaired) electrons. The summed E-state index contributed by atoms with van der Waals surface area (Å²) in [6.45, 7) is 27.1. The fraction of sp³-hybridized carbons (Fsp3) is 0.395. The summed E-state index contributed by atoms with van der Waals surface area (Å²) in [5.41, 5.74) is 7.54. The number of phenols is 1. The van der Waals surface area contributed by atoms with Gasteiger partial charge in [-0.2, -0.15) is 19.9 Å². The minimum atomic E-state index is -2.77. The summed E-state index contributed by atoms with van der Waals surface area (Å²) in [5.74, 6) is 1.82. The molecule has 2 aromatic heterocycles. The maximum atomic E-state index is 13.1. The van der Waals surface area contributed by atoms with E-state index < -0.39 is 8.32 Å². The van der Waals surface area contributed by atoms with Crippen LogP contribution in [0.2, 0.25) is 5.04 Å². The minimum Gasteiger partial charge on any atom is -0.508 e. The number of benzene rings is 6. The van der Waals surface area contributed by atoms with Crippen molar-refractivity contribution >= 4 is 126 Å². The van der Waals surface area contributed by atoms with Crippen LogP contribution in [0.15, 0.2) is 159 Å². The number of likely N-dealkylation sites (N-methyl/N-ethyl adjacent to an activating group) is 1. The first-order valence-corrected chi connectivity index (χ1v) is 38.9. The number of aromatic nitrogens is 4. The molecule has 522 valence electrons. The van der Waals surface area contributed by atoms with Gasteiger partial charge in [-0.25, -0.2) is 0 Å². The molecular formula is C76H93BBr3N11O7Si. The Morgan fingerprint density at radius 3 is 1.58 bits per heavy atom. The van der Waals surface area contributed by atoms with E-state index in [-0.39, 0.29) is 44.5 Å². The van der Waals surface area contributed by atoms with Crippen LogP contribution < -0.4 is 39.4 Å². The summed E-state index contributed by atoms with van der Waals surface area (Å²) in [4.78, 5) is 60.6. The minimum absolute atomic E-state index is 0.0160. The molecule has 2 unspecified atom stereocenters. The van der Waals surface area contributed by atoms with Crippen molar-refractivity contribution in [3.8, 4) is 17.8 Å². The third kappa shape index (κ3) is 17.9. The smallest absolute Gasteiger partial charge is 0.369 e. The van der Waals surface area contributed by atoms with Crippen molar-refractivity contribution in [3.05, 3.63) is 187 Å². The Balaban J connectivity index is 0.000000218.